The number of anilines is 1. The second-order valence-electron chi connectivity index (χ2n) is 3.40. The van der Waals surface area contributed by atoms with Gasteiger partial charge in [-0.1, -0.05) is 6.92 Å². The fraction of sp³-hybridized carbons (Fsp3) is 0.500. The maximum absolute atomic E-state index is 13.2. The van der Waals surface area contributed by atoms with Crippen molar-refractivity contribution >= 4 is 17.4 Å². The quantitative estimate of drug-likeness (QED) is 0.783. The highest BCUT2D eigenvalue weighted by molar-refractivity contribution is 6.18. The molecule has 0 fully saturated rings. The molecule has 1 rings (SSSR count). The number of halogens is 2. The largest absolute Gasteiger partial charge is 0.365 e. The van der Waals surface area contributed by atoms with Crippen LogP contribution in [0.5, 0.6) is 0 Å². The molecular weight excluding hydrogens is 203 g/mol. The first-order chi connectivity index (χ1) is 6.65. The number of aromatic nitrogens is 1. The first-order valence-electron chi connectivity index (χ1n) is 4.58. The minimum absolute atomic E-state index is 0.108. The lowest BCUT2D eigenvalue weighted by atomic mass is 10.1. The van der Waals surface area contributed by atoms with Gasteiger partial charge in [0.2, 0.25) is 0 Å². The van der Waals surface area contributed by atoms with Crippen molar-refractivity contribution < 1.29 is 4.39 Å². The molecule has 0 aromatic carbocycles. The topological polar surface area (TPSA) is 24.9 Å². The van der Waals surface area contributed by atoms with E-state index in [0.717, 1.165) is 0 Å². The van der Waals surface area contributed by atoms with Gasteiger partial charge < -0.3 is 5.32 Å². The maximum Gasteiger partial charge on any atom is 0.165 e. The molecule has 0 saturated carbocycles. The Morgan fingerprint density at radius 3 is 2.86 bits per heavy atom. The van der Waals surface area contributed by atoms with Gasteiger partial charge in [0.05, 0.1) is 0 Å². The molecule has 0 bridgehead atoms. The Bertz CT molecular complexity index is 293. The molecule has 4 heteroatoms. The molecule has 0 radical (unpaired) electrons. The molecule has 2 atom stereocenters. The summed E-state index contributed by atoms with van der Waals surface area (Å²) in [5.41, 5.74) is 0. The Hall–Kier alpha value is -0.830. The standard InChI is InChI=1S/C10H14ClFN2/c1-7(6-11)8(2)14-10-9(12)4-3-5-13-10/h3-5,7-8H,6H2,1-2H3,(H,13,14). The van der Waals surface area contributed by atoms with Gasteiger partial charge in [0, 0.05) is 18.1 Å². The third-order valence-corrected chi connectivity index (χ3v) is 2.71. The molecule has 0 saturated heterocycles. The SMILES string of the molecule is CC(CCl)C(C)Nc1ncccc1F. The highest BCUT2D eigenvalue weighted by Gasteiger charge is 2.12. The molecule has 0 aliphatic carbocycles. The Labute approximate surface area is 88.5 Å². The highest BCUT2D eigenvalue weighted by Crippen LogP contribution is 2.14. The zero-order chi connectivity index (χ0) is 10.6. The average Bonchev–Trinajstić information content (AvgIpc) is 2.20. The summed E-state index contributed by atoms with van der Waals surface area (Å²) < 4.78 is 13.2. The summed E-state index contributed by atoms with van der Waals surface area (Å²) in [6.07, 6.45) is 1.56. The molecule has 0 amide bonds. The first kappa shape index (κ1) is 11.2. The van der Waals surface area contributed by atoms with Crippen molar-refractivity contribution in [1.82, 2.24) is 4.98 Å². The Morgan fingerprint density at radius 2 is 2.29 bits per heavy atom. The normalized spacial score (nSPS) is 14.9. The van der Waals surface area contributed by atoms with Crippen molar-refractivity contribution in [2.75, 3.05) is 11.2 Å². The van der Waals surface area contributed by atoms with Gasteiger partial charge in [-0.2, -0.15) is 0 Å². The van der Waals surface area contributed by atoms with Crippen molar-refractivity contribution in [3.05, 3.63) is 24.1 Å². The maximum atomic E-state index is 13.2. The summed E-state index contributed by atoms with van der Waals surface area (Å²) in [6, 6.07) is 3.06. The minimum atomic E-state index is -0.332. The molecule has 1 N–H and O–H groups in total. The summed E-state index contributed by atoms with van der Waals surface area (Å²) >= 11 is 5.70. The Kier molecular flexibility index (Phi) is 4.14. The predicted molar refractivity (Wildman–Crippen MR) is 57.2 cm³/mol. The first-order valence-corrected chi connectivity index (χ1v) is 5.11. The summed E-state index contributed by atoms with van der Waals surface area (Å²) in [5.74, 6) is 0.777. The second-order valence-corrected chi connectivity index (χ2v) is 3.71. The van der Waals surface area contributed by atoms with Crippen LogP contribution in [0.25, 0.3) is 0 Å². The van der Waals surface area contributed by atoms with E-state index in [-0.39, 0.29) is 23.6 Å². The third-order valence-electron chi connectivity index (χ3n) is 2.22. The van der Waals surface area contributed by atoms with Gasteiger partial charge in [-0.3, -0.25) is 0 Å². The van der Waals surface area contributed by atoms with Crippen molar-refractivity contribution in [3.63, 3.8) is 0 Å². The Balaban J connectivity index is 2.64. The highest BCUT2D eigenvalue weighted by atomic mass is 35.5. The van der Waals surface area contributed by atoms with E-state index in [1.54, 1.807) is 12.3 Å². The number of rotatable bonds is 4. The van der Waals surface area contributed by atoms with Crippen LogP contribution in [0.15, 0.2) is 18.3 Å². The minimum Gasteiger partial charge on any atom is -0.365 e. The van der Waals surface area contributed by atoms with Crippen LogP contribution in [0.4, 0.5) is 10.2 Å². The molecule has 78 valence electrons. The fourth-order valence-electron chi connectivity index (χ4n) is 0.983. The van der Waals surface area contributed by atoms with Gasteiger partial charge in [0.15, 0.2) is 11.6 Å². The molecule has 14 heavy (non-hydrogen) atoms. The lowest BCUT2D eigenvalue weighted by molar-refractivity contribution is 0.554. The number of pyridine rings is 1. The van der Waals surface area contributed by atoms with E-state index in [0.29, 0.717) is 5.88 Å². The van der Waals surface area contributed by atoms with Gasteiger partial charge in [-0.15, -0.1) is 11.6 Å². The summed E-state index contributed by atoms with van der Waals surface area (Å²) in [4.78, 5) is 3.91. The smallest absolute Gasteiger partial charge is 0.165 e. The van der Waals surface area contributed by atoms with E-state index in [2.05, 4.69) is 10.3 Å². The summed E-state index contributed by atoms with van der Waals surface area (Å²) in [6.45, 7) is 3.96. The molecular formula is C10H14ClFN2. The van der Waals surface area contributed by atoms with E-state index >= 15 is 0 Å². The molecule has 0 spiro atoms. The van der Waals surface area contributed by atoms with Crippen molar-refractivity contribution in [2.45, 2.75) is 19.9 Å². The van der Waals surface area contributed by atoms with E-state index in [9.17, 15) is 4.39 Å². The van der Waals surface area contributed by atoms with Crippen LogP contribution >= 0.6 is 11.6 Å². The zero-order valence-corrected chi connectivity index (χ0v) is 9.05. The number of nitrogens with one attached hydrogen (secondary N) is 1. The zero-order valence-electron chi connectivity index (χ0n) is 8.30. The van der Waals surface area contributed by atoms with Crippen LogP contribution in [-0.4, -0.2) is 16.9 Å². The molecule has 1 aromatic rings. The van der Waals surface area contributed by atoms with Crippen LogP contribution in [-0.2, 0) is 0 Å². The van der Waals surface area contributed by atoms with E-state index in [1.807, 2.05) is 13.8 Å². The van der Waals surface area contributed by atoms with Crippen molar-refractivity contribution in [2.24, 2.45) is 5.92 Å². The number of hydrogen-bond donors (Lipinski definition) is 1. The van der Waals surface area contributed by atoms with E-state index in [4.69, 9.17) is 11.6 Å². The fourth-order valence-corrected chi connectivity index (χ4v) is 1.25. The lowest BCUT2D eigenvalue weighted by Crippen LogP contribution is -2.25. The number of nitrogens with zero attached hydrogens (tertiary/aromatic N) is 1. The molecule has 1 aromatic heterocycles. The van der Waals surface area contributed by atoms with Gasteiger partial charge in [0.25, 0.3) is 0 Å². The van der Waals surface area contributed by atoms with Crippen molar-refractivity contribution in [3.8, 4) is 0 Å². The van der Waals surface area contributed by atoms with E-state index in [1.165, 1.54) is 6.07 Å². The summed E-state index contributed by atoms with van der Waals surface area (Å²) in [7, 11) is 0. The third kappa shape index (κ3) is 2.84. The lowest BCUT2D eigenvalue weighted by Gasteiger charge is -2.19. The van der Waals surface area contributed by atoms with Crippen molar-refractivity contribution in [1.29, 1.82) is 0 Å². The average molecular weight is 217 g/mol. The van der Waals surface area contributed by atoms with Crippen LogP contribution in [0, 0.1) is 11.7 Å². The van der Waals surface area contributed by atoms with Crippen LogP contribution in [0.2, 0.25) is 0 Å². The Morgan fingerprint density at radius 1 is 1.57 bits per heavy atom. The number of hydrogen-bond acceptors (Lipinski definition) is 2. The van der Waals surface area contributed by atoms with Crippen LogP contribution in [0.3, 0.4) is 0 Å². The molecule has 1 heterocycles. The van der Waals surface area contributed by atoms with Crippen LogP contribution in [0.1, 0.15) is 13.8 Å². The van der Waals surface area contributed by atoms with E-state index < -0.39 is 0 Å². The van der Waals surface area contributed by atoms with Gasteiger partial charge in [-0.05, 0) is 25.0 Å². The molecule has 0 aliphatic heterocycles. The molecule has 2 nitrogen and oxygen atoms in total. The molecule has 0 aliphatic rings. The van der Waals surface area contributed by atoms with Crippen LogP contribution < -0.4 is 5.32 Å². The van der Waals surface area contributed by atoms with Gasteiger partial charge in [-0.25, -0.2) is 9.37 Å². The summed E-state index contributed by atoms with van der Waals surface area (Å²) in [5, 5.41) is 2.99. The second kappa shape index (κ2) is 5.15. The molecule has 2 unspecified atom stereocenters. The van der Waals surface area contributed by atoms with Gasteiger partial charge >= 0.3 is 0 Å². The predicted octanol–water partition coefficient (Wildman–Crippen LogP) is 2.90. The number of alkyl halides is 1. The van der Waals surface area contributed by atoms with Gasteiger partial charge in [0.1, 0.15) is 0 Å². The monoisotopic (exact) mass is 216 g/mol.